The number of phenolic OH excluding ortho intramolecular Hbond substituents is 1. The van der Waals surface area contributed by atoms with Crippen molar-refractivity contribution in [1.29, 1.82) is 0 Å². The van der Waals surface area contributed by atoms with Crippen molar-refractivity contribution in [3.05, 3.63) is 87.4 Å². The molecule has 0 bridgehead atoms. The Labute approximate surface area is 205 Å². The molecule has 7 nitrogen and oxygen atoms in total. The Balaban J connectivity index is 2.04. The SMILES string of the molecule is COc1cccc(C2/C(=C(\O)c3cc(Cl)cc(Cl)c3OC)C(=O)C(=O)N2c2ccccc2O)c1. The topological polar surface area (TPSA) is 96.3 Å². The molecule has 0 spiro atoms. The number of methoxy groups -OCH3 is 2. The third-order valence-corrected chi connectivity index (χ3v) is 5.96. The zero-order chi connectivity index (χ0) is 24.6. The van der Waals surface area contributed by atoms with Crippen LogP contribution in [0.25, 0.3) is 5.76 Å². The van der Waals surface area contributed by atoms with Gasteiger partial charge in [-0.15, -0.1) is 0 Å². The summed E-state index contributed by atoms with van der Waals surface area (Å²) in [5.74, 6) is -2.05. The van der Waals surface area contributed by atoms with E-state index < -0.39 is 23.5 Å². The van der Waals surface area contributed by atoms with Gasteiger partial charge in [-0.05, 0) is 42.0 Å². The van der Waals surface area contributed by atoms with Crippen molar-refractivity contribution in [3.8, 4) is 17.2 Å². The summed E-state index contributed by atoms with van der Waals surface area (Å²) in [5.41, 5.74) is 0.393. The van der Waals surface area contributed by atoms with E-state index in [1.807, 2.05) is 0 Å². The van der Waals surface area contributed by atoms with Crippen molar-refractivity contribution >= 4 is 46.3 Å². The number of carbonyl (C=O) groups excluding carboxylic acids is 2. The predicted octanol–water partition coefficient (Wildman–Crippen LogP) is 5.34. The minimum Gasteiger partial charge on any atom is -0.507 e. The van der Waals surface area contributed by atoms with Gasteiger partial charge in [-0.1, -0.05) is 47.5 Å². The van der Waals surface area contributed by atoms with Gasteiger partial charge in [0.1, 0.15) is 23.0 Å². The van der Waals surface area contributed by atoms with Gasteiger partial charge in [0, 0.05) is 5.02 Å². The quantitative estimate of drug-likeness (QED) is 0.279. The molecule has 0 saturated carbocycles. The van der Waals surface area contributed by atoms with Gasteiger partial charge in [0.15, 0.2) is 0 Å². The number of aromatic hydroxyl groups is 1. The summed E-state index contributed by atoms with van der Waals surface area (Å²) in [6.45, 7) is 0. The van der Waals surface area contributed by atoms with Crippen LogP contribution >= 0.6 is 23.2 Å². The summed E-state index contributed by atoms with van der Waals surface area (Å²) in [4.78, 5) is 27.7. The van der Waals surface area contributed by atoms with E-state index in [1.165, 1.54) is 38.5 Å². The highest BCUT2D eigenvalue weighted by atomic mass is 35.5. The van der Waals surface area contributed by atoms with Crippen LogP contribution in [-0.4, -0.2) is 36.1 Å². The number of ketones is 1. The first-order chi connectivity index (χ1) is 16.3. The molecule has 174 valence electrons. The number of halogens is 2. The van der Waals surface area contributed by atoms with E-state index in [4.69, 9.17) is 32.7 Å². The number of amides is 1. The van der Waals surface area contributed by atoms with Crippen LogP contribution in [0.4, 0.5) is 5.69 Å². The van der Waals surface area contributed by atoms with E-state index in [0.717, 1.165) is 4.90 Å². The first kappa shape index (κ1) is 23.5. The third-order valence-electron chi connectivity index (χ3n) is 5.46. The molecule has 4 rings (SSSR count). The molecule has 3 aromatic carbocycles. The minimum atomic E-state index is -1.09. The van der Waals surface area contributed by atoms with Gasteiger partial charge < -0.3 is 19.7 Å². The van der Waals surface area contributed by atoms with Crippen molar-refractivity contribution in [2.45, 2.75) is 6.04 Å². The van der Waals surface area contributed by atoms with Gasteiger partial charge in [0.25, 0.3) is 11.7 Å². The largest absolute Gasteiger partial charge is 0.507 e. The summed E-state index contributed by atoms with van der Waals surface area (Å²) < 4.78 is 10.6. The van der Waals surface area contributed by atoms with Crippen LogP contribution in [0.1, 0.15) is 17.2 Å². The molecule has 1 saturated heterocycles. The van der Waals surface area contributed by atoms with Crippen LogP contribution in [0.5, 0.6) is 17.2 Å². The molecule has 1 atom stereocenters. The number of aliphatic hydroxyl groups excluding tert-OH is 1. The maximum Gasteiger partial charge on any atom is 0.300 e. The molecular weight excluding hydrogens is 481 g/mol. The highest BCUT2D eigenvalue weighted by molar-refractivity contribution is 6.52. The lowest BCUT2D eigenvalue weighted by molar-refractivity contribution is -0.132. The van der Waals surface area contributed by atoms with Crippen molar-refractivity contribution in [1.82, 2.24) is 0 Å². The van der Waals surface area contributed by atoms with Gasteiger partial charge in [-0.2, -0.15) is 0 Å². The molecule has 0 aromatic heterocycles. The predicted molar refractivity (Wildman–Crippen MR) is 129 cm³/mol. The van der Waals surface area contributed by atoms with Gasteiger partial charge >= 0.3 is 0 Å². The Morgan fingerprint density at radius 3 is 2.38 bits per heavy atom. The molecule has 34 heavy (non-hydrogen) atoms. The van der Waals surface area contributed by atoms with Crippen LogP contribution in [0, 0.1) is 0 Å². The molecule has 0 aliphatic carbocycles. The number of nitrogens with zero attached hydrogens (tertiary/aromatic N) is 1. The summed E-state index contributed by atoms with van der Waals surface area (Å²) in [6, 6.07) is 14.6. The first-order valence-corrected chi connectivity index (χ1v) is 10.8. The number of rotatable bonds is 5. The molecule has 1 aliphatic heterocycles. The molecular formula is C25H19Cl2NO6. The molecule has 3 aromatic rings. The zero-order valence-electron chi connectivity index (χ0n) is 18.1. The second kappa shape index (κ2) is 9.29. The lowest BCUT2D eigenvalue weighted by atomic mass is 9.94. The molecule has 1 amide bonds. The Morgan fingerprint density at radius 1 is 0.971 bits per heavy atom. The smallest absolute Gasteiger partial charge is 0.300 e. The molecule has 9 heteroatoms. The van der Waals surface area contributed by atoms with E-state index >= 15 is 0 Å². The average molecular weight is 500 g/mol. The highest BCUT2D eigenvalue weighted by Gasteiger charge is 2.48. The maximum absolute atomic E-state index is 13.3. The molecule has 1 unspecified atom stereocenters. The third kappa shape index (κ3) is 3.93. The molecule has 2 N–H and O–H groups in total. The molecule has 1 aliphatic rings. The van der Waals surface area contributed by atoms with E-state index in [0.29, 0.717) is 11.3 Å². The average Bonchev–Trinajstić information content (AvgIpc) is 3.09. The number of carbonyl (C=O) groups is 2. The van der Waals surface area contributed by atoms with Crippen LogP contribution in [0.2, 0.25) is 10.0 Å². The number of aliphatic hydroxyl groups is 1. The summed E-state index contributed by atoms with van der Waals surface area (Å²) in [6.07, 6.45) is 0. The maximum atomic E-state index is 13.3. The van der Waals surface area contributed by atoms with Crippen molar-refractivity contribution in [2.75, 3.05) is 19.1 Å². The number of ether oxygens (including phenoxy) is 2. The molecule has 1 heterocycles. The lowest BCUT2D eigenvalue weighted by Crippen LogP contribution is -2.29. The summed E-state index contributed by atoms with van der Waals surface area (Å²) in [5, 5.41) is 22.1. The van der Waals surface area contributed by atoms with Crippen LogP contribution in [0.15, 0.2) is 66.2 Å². The number of hydrogen-bond donors (Lipinski definition) is 2. The van der Waals surface area contributed by atoms with Crippen LogP contribution in [0.3, 0.4) is 0 Å². The summed E-state index contributed by atoms with van der Waals surface area (Å²) in [7, 11) is 2.84. The second-order valence-corrected chi connectivity index (χ2v) is 8.25. The fraction of sp³-hybridized carbons (Fsp3) is 0.120. The Morgan fingerprint density at radius 2 is 1.71 bits per heavy atom. The van der Waals surface area contributed by atoms with Crippen molar-refractivity contribution < 1.29 is 29.3 Å². The van der Waals surface area contributed by atoms with Crippen LogP contribution < -0.4 is 14.4 Å². The summed E-state index contributed by atoms with van der Waals surface area (Å²) >= 11 is 12.4. The van der Waals surface area contributed by atoms with Gasteiger partial charge in [-0.25, -0.2) is 0 Å². The number of para-hydroxylation sites is 2. The highest BCUT2D eigenvalue weighted by Crippen LogP contribution is 2.46. The standard InChI is InChI=1S/C25H19Cl2NO6/c1-33-15-7-5-6-13(10-15)21-20(22(30)16-11-14(26)12-17(27)24(16)34-2)23(31)25(32)28(21)18-8-3-4-9-19(18)29/h3-12,21,29-30H,1-2H3/b22-20+. The zero-order valence-corrected chi connectivity index (χ0v) is 19.6. The van der Waals surface area contributed by atoms with E-state index in [1.54, 1.807) is 36.4 Å². The number of hydrogen-bond acceptors (Lipinski definition) is 6. The normalized spacial score (nSPS) is 17.2. The lowest BCUT2D eigenvalue weighted by Gasteiger charge is -2.26. The fourth-order valence-corrected chi connectivity index (χ4v) is 4.54. The fourth-order valence-electron chi connectivity index (χ4n) is 3.96. The number of anilines is 1. The van der Waals surface area contributed by atoms with E-state index in [9.17, 15) is 19.8 Å². The van der Waals surface area contributed by atoms with Gasteiger partial charge in [0.2, 0.25) is 0 Å². The minimum absolute atomic E-state index is 0.0446. The van der Waals surface area contributed by atoms with E-state index in [2.05, 4.69) is 0 Å². The Kier molecular flexibility index (Phi) is 6.41. The Hall–Kier alpha value is -3.68. The van der Waals surface area contributed by atoms with Crippen molar-refractivity contribution in [2.24, 2.45) is 0 Å². The van der Waals surface area contributed by atoms with E-state index in [-0.39, 0.29) is 38.4 Å². The van der Waals surface area contributed by atoms with Crippen LogP contribution in [-0.2, 0) is 9.59 Å². The molecule has 1 fully saturated rings. The number of benzene rings is 3. The number of Topliss-reactive ketones (excluding diaryl/α,β-unsaturated/α-hetero) is 1. The first-order valence-electron chi connectivity index (χ1n) is 10.0. The monoisotopic (exact) mass is 499 g/mol. The Bertz CT molecular complexity index is 1340. The number of phenols is 1. The van der Waals surface area contributed by atoms with Crippen molar-refractivity contribution in [3.63, 3.8) is 0 Å². The second-order valence-electron chi connectivity index (χ2n) is 7.40. The van der Waals surface area contributed by atoms with Gasteiger partial charge in [0.05, 0.1) is 42.1 Å². The molecule has 0 radical (unpaired) electrons. The van der Waals surface area contributed by atoms with Gasteiger partial charge in [-0.3, -0.25) is 14.5 Å².